The Morgan fingerprint density at radius 1 is 0.967 bits per heavy atom. The number of thioether (sulfide) groups is 2. The van der Waals surface area contributed by atoms with Crippen molar-refractivity contribution in [2.24, 2.45) is 11.8 Å². The number of hydrogen-bond acceptors (Lipinski definition) is 9. The molecule has 1 fully saturated rings. The quantitative estimate of drug-likeness (QED) is 0.152. The molecule has 2 aliphatic rings. The molecule has 1 saturated heterocycles. The van der Waals surface area contributed by atoms with Crippen LogP contribution in [0.1, 0.15) is 40.5 Å². The molecule has 1 heterocycles. The fourth-order valence-electron chi connectivity index (χ4n) is 2.88. The third kappa shape index (κ3) is 6.53. The molecule has 3 atom stereocenters. The molecule has 30 heavy (non-hydrogen) atoms. The molecule has 8 nitrogen and oxygen atoms in total. The summed E-state index contributed by atoms with van der Waals surface area (Å²) in [5, 5.41) is 9.34. The maximum absolute atomic E-state index is 12.6. The lowest BCUT2D eigenvalue weighted by Gasteiger charge is -2.24. The first-order valence-corrected chi connectivity index (χ1v) is 11.5. The van der Waals surface area contributed by atoms with Gasteiger partial charge in [0.1, 0.15) is 0 Å². The smallest absolute Gasteiger partial charge is 0.347 e. The van der Waals surface area contributed by atoms with Crippen molar-refractivity contribution >= 4 is 47.4 Å². The predicted molar refractivity (Wildman–Crippen MR) is 112 cm³/mol. The molecule has 3 unspecified atom stereocenters. The zero-order valence-electron chi connectivity index (χ0n) is 17.3. The first-order valence-electron chi connectivity index (χ1n) is 9.64. The SMILES string of the molecule is CC(C)OC(=O)C(C(=O)OC(C)C)=C1SCC(OC(=O)C2CC=CCC2C(=O)O)S1. The highest BCUT2D eigenvalue weighted by Crippen LogP contribution is 2.45. The first kappa shape index (κ1) is 24.3. The van der Waals surface area contributed by atoms with Gasteiger partial charge in [-0.05, 0) is 40.5 Å². The second kappa shape index (κ2) is 10.9. The molecular formula is C20H26O8S2. The number of carbonyl (C=O) groups excluding carboxylic acids is 3. The Kier molecular flexibility index (Phi) is 8.84. The van der Waals surface area contributed by atoms with Crippen LogP contribution in [0.5, 0.6) is 0 Å². The van der Waals surface area contributed by atoms with Crippen molar-refractivity contribution in [3.63, 3.8) is 0 Å². The molecule has 0 spiro atoms. The number of esters is 3. The van der Waals surface area contributed by atoms with Gasteiger partial charge in [-0.15, -0.1) is 11.8 Å². The van der Waals surface area contributed by atoms with Gasteiger partial charge in [-0.2, -0.15) is 0 Å². The topological polar surface area (TPSA) is 116 Å². The molecule has 10 heteroatoms. The number of carboxylic acids is 1. The van der Waals surface area contributed by atoms with Gasteiger partial charge in [0.05, 0.1) is 28.3 Å². The summed E-state index contributed by atoms with van der Waals surface area (Å²) in [4.78, 5) is 48.9. The standard InChI is InChI=1S/C20H26O8S2/c1-10(2)26-18(24)15(19(25)27-11(3)4)20-29-9-14(30-20)28-17(23)13-8-6-5-7-12(13)16(21)22/h5-6,10-14H,7-9H2,1-4H3,(H,21,22). The Morgan fingerprint density at radius 3 is 2.00 bits per heavy atom. The number of ether oxygens (including phenoxy) is 3. The van der Waals surface area contributed by atoms with E-state index in [-0.39, 0.29) is 12.0 Å². The van der Waals surface area contributed by atoms with Crippen molar-refractivity contribution in [3.8, 4) is 0 Å². The molecule has 1 N–H and O–H groups in total. The third-order valence-corrected chi connectivity index (χ3v) is 6.92. The van der Waals surface area contributed by atoms with E-state index in [4.69, 9.17) is 14.2 Å². The largest absolute Gasteiger partial charge is 0.481 e. The molecule has 0 aromatic heterocycles. The lowest BCUT2D eigenvalue weighted by molar-refractivity contribution is -0.158. The predicted octanol–water partition coefficient (Wildman–Crippen LogP) is 3.12. The summed E-state index contributed by atoms with van der Waals surface area (Å²) in [6.07, 6.45) is 3.26. The van der Waals surface area contributed by atoms with E-state index in [0.717, 1.165) is 11.8 Å². The van der Waals surface area contributed by atoms with E-state index in [1.165, 1.54) is 11.8 Å². The molecule has 0 saturated carbocycles. The van der Waals surface area contributed by atoms with E-state index >= 15 is 0 Å². The zero-order chi connectivity index (χ0) is 22.4. The van der Waals surface area contributed by atoms with Crippen molar-refractivity contribution in [2.75, 3.05) is 5.75 Å². The van der Waals surface area contributed by atoms with Crippen molar-refractivity contribution in [2.45, 2.75) is 58.2 Å². The highest BCUT2D eigenvalue weighted by molar-refractivity contribution is 8.25. The summed E-state index contributed by atoms with van der Waals surface area (Å²) in [5.74, 6) is -4.48. The Labute approximate surface area is 183 Å². The van der Waals surface area contributed by atoms with Crippen LogP contribution >= 0.6 is 23.5 Å². The lowest BCUT2D eigenvalue weighted by Crippen LogP contribution is -2.33. The maximum Gasteiger partial charge on any atom is 0.347 e. The summed E-state index contributed by atoms with van der Waals surface area (Å²) >= 11 is 2.26. The fourth-order valence-corrected chi connectivity index (χ4v) is 5.49. The molecule has 1 aliphatic heterocycles. The first-order chi connectivity index (χ1) is 14.1. The normalized spacial score (nSPS) is 23.4. The Morgan fingerprint density at radius 2 is 1.50 bits per heavy atom. The van der Waals surface area contributed by atoms with E-state index in [2.05, 4.69) is 0 Å². The van der Waals surface area contributed by atoms with Crippen LogP contribution in [0, 0.1) is 11.8 Å². The average molecular weight is 459 g/mol. The molecule has 0 amide bonds. The fraction of sp³-hybridized carbons (Fsp3) is 0.600. The van der Waals surface area contributed by atoms with Gasteiger partial charge in [0.2, 0.25) is 0 Å². The van der Waals surface area contributed by atoms with E-state index in [1.54, 1.807) is 39.8 Å². The van der Waals surface area contributed by atoms with E-state index in [0.29, 0.717) is 16.4 Å². The van der Waals surface area contributed by atoms with Crippen LogP contribution in [0.15, 0.2) is 22.0 Å². The monoisotopic (exact) mass is 458 g/mol. The van der Waals surface area contributed by atoms with Gasteiger partial charge in [-0.25, -0.2) is 9.59 Å². The zero-order valence-corrected chi connectivity index (χ0v) is 18.9. The van der Waals surface area contributed by atoms with E-state index in [9.17, 15) is 24.3 Å². The third-order valence-electron chi connectivity index (χ3n) is 4.19. The average Bonchev–Trinajstić information content (AvgIpc) is 3.08. The number of rotatable bonds is 7. The summed E-state index contributed by atoms with van der Waals surface area (Å²) in [5.41, 5.74) is -0.860. The molecule has 0 bridgehead atoms. The molecule has 0 aromatic rings. The Bertz CT molecular complexity index is 732. The van der Waals surface area contributed by atoms with Crippen LogP contribution in [0.3, 0.4) is 0 Å². The van der Waals surface area contributed by atoms with Crippen LogP contribution in [0.4, 0.5) is 0 Å². The van der Waals surface area contributed by atoms with Crippen molar-refractivity contribution in [1.82, 2.24) is 0 Å². The minimum Gasteiger partial charge on any atom is -0.481 e. The highest BCUT2D eigenvalue weighted by atomic mass is 32.2. The number of aliphatic carboxylic acids is 1. The number of carbonyl (C=O) groups is 4. The van der Waals surface area contributed by atoms with Gasteiger partial charge in [-0.1, -0.05) is 23.9 Å². The minimum absolute atomic E-state index is 0.213. The molecule has 2 rings (SSSR count). The second-order valence-corrected chi connectivity index (χ2v) is 9.82. The van der Waals surface area contributed by atoms with Crippen molar-refractivity contribution in [1.29, 1.82) is 0 Å². The maximum atomic E-state index is 12.6. The summed E-state index contributed by atoms with van der Waals surface area (Å²) in [6.45, 7) is 6.69. The molecule has 0 radical (unpaired) electrons. The van der Waals surface area contributed by atoms with Crippen LogP contribution in [0.2, 0.25) is 0 Å². The van der Waals surface area contributed by atoms with Crippen molar-refractivity contribution in [3.05, 3.63) is 22.0 Å². The summed E-state index contributed by atoms with van der Waals surface area (Å²) in [7, 11) is 0. The van der Waals surface area contributed by atoms with Crippen molar-refractivity contribution < 1.29 is 38.5 Å². The molecule has 0 aromatic carbocycles. The molecular weight excluding hydrogens is 432 g/mol. The second-order valence-electron chi connectivity index (χ2n) is 7.36. The Hall–Kier alpha value is -1.94. The van der Waals surface area contributed by atoms with Crippen LogP contribution in [-0.2, 0) is 33.4 Å². The molecule has 1 aliphatic carbocycles. The number of allylic oxidation sites excluding steroid dienone is 2. The minimum atomic E-state index is -1.04. The number of hydrogen-bond donors (Lipinski definition) is 1. The van der Waals surface area contributed by atoms with Gasteiger partial charge in [0, 0.05) is 5.75 Å². The lowest BCUT2D eigenvalue weighted by atomic mass is 9.83. The van der Waals surface area contributed by atoms with Gasteiger partial charge < -0.3 is 19.3 Å². The number of carboxylic acid groups (broad SMARTS) is 1. The van der Waals surface area contributed by atoms with Crippen LogP contribution < -0.4 is 0 Å². The summed E-state index contributed by atoms with van der Waals surface area (Å²) < 4.78 is 16.2. The van der Waals surface area contributed by atoms with Gasteiger partial charge in [-0.3, -0.25) is 9.59 Å². The molecule has 166 valence electrons. The van der Waals surface area contributed by atoms with E-state index in [1.807, 2.05) is 0 Å². The van der Waals surface area contributed by atoms with Crippen LogP contribution in [-0.4, -0.2) is 52.4 Å². The summed E-state index contributed by atoms with van der Waals surface area (Å²) in [6, 6.07) is 0. The van der Waals surface area contributed by atoms with Crippen LogP contribution in [0.25, 0.3) is 0 Å². The van der Waals surface area contributed by atoms with Gasteiger partial charge >= 0.3 is 23.9 Å². The highest BCUT2D eigenvalue weighted by Gasteiger charge is 2.39. The van der Waals surface area contributed by atoms with Gasteiger partial charge in [0.25, 0.3) is 0 Å². The van der Waals surface area contributed by atoms with E-state index < -0.39 is 53.4 Å². The van der Waals surface area contributed by atoms with Gasteiger partial charge in [0.15, 0.2) is 11.0 Å². The Balaban J connectivity index is 2.13.